The van der Waals surface area contributed by atoms with Crippen molar-refractivity contribution in [1.82, 2.24) is 5.32 Å². The van der Waals surface area contributed by atoms with Gasteiger partial charge in [-0.25, -0.2) is 8.42 Å². The lowest BCUT2D eigenvalue weighted by atomic mass is 10.1. The first-order valence-corrected chi connectivity index (χ1v) is 11.4. The molecule has 0 atom stereocenters. The molecule has 2 aromatic carbocycles. The monoisotopic (exact) mass is 475 g/mol. The maximum Gasteiger partial charge on any atom is 0.387 e. The number of nitrogens with zero attached hydrogens (tertiary/aromatic N) is 2. The molecule has 1 fully saturated rings. The number of alkyl halides is 2. The van der Waals surface area contributed by atoms with E-state index in [4.69, 9.17) is 0 Å². The molecule has 172 valence electrons. The van der Waals surface area contributed by atoms with Crippen LogP contribution in [0.15, 0.2) is 47.4 Å². The summed E-state index contributed by atoms with van der Waals surface area (Å²) in [5.74, 6) is -0.168. The van der Waals surface area contributed by atoms with Gasteiger partial charge in [-0.15, -0.1) is 12.4 Å². The lowest BCUT2D eigenvalue weighted by molar-refractivity contribution is -0.0494. The molecule has 1 aliphatic rings. The SMILES string of the molecule is CCCN(c1ccccc1OC(F)F)S(=O)(=O)c1ccc(C)c(N2CCNCC2)c1.Cl. The average Bonchev–Trinajstić information content (AvgIpc) is 2.73. The Morgan fingerprint density at radius 2 is 1.84 bits per heavy atom. The zero-order chi connectivity index (χ0) is 21.7. The number of benzene rings is 2. The zero-order valence-corrected chi connectivity index (χ0v) is 19.2. The molecule has 10 heteroatoms. The van der Waals surface area contributed by atoms with Crippen molar-refractivity contribution in [2.24, 2.45) is 0 Å². The predicted octanol–water partition coefficient (Wildman–Crippen LogP) is 4.03. The number of nitrogens with one attached hydrogen (secondary N) is 1. The molecule has 0 aromatic heterocycles. The molecule has 1 N–H and O–H groups in total. The highest BCUT2D eigenvalue weighted by molar-refractivity contribution is 7.92. The number of para-hydroxylation sites is 2. The predicted molar refractivity (Wildman–Crippen MR) is 121 cm³/mol. The van der Waals surface area contributed by atoms with E-state index in [2.05, 4.69) is 15.0 Å². The van der Waals surface area contributed by atoms with E-state index < -0.39 is 16.6 Å². The first-order valence-electron chi connectivity index (χ1n) is 9.97. The Morgan fingerprint density at radius 1 is 1.16 bits per heavy atom. The quantitative estimate of drug-likeness (QED) is 0.624. The van der Waals surface area contributed by atoms with Gasteiger partial charge in [0.1, 0.15) is 5.75 Å². The maximum atomic E-state index is 13.6. The number of piperazine rings is 1. The Hall–Kier alpha value is -2.10. The van der Waals surface area contributed by atoms with Crippen LogP contribution in [0.25, 0.3) is 0 Å². The van der Waals surface area contributed by atoms with Crippen LogP contribution in [0, 0.1) is 6.92 Å². The lowest BCUT2D eigenvalue weighted by Gasteiger charge is -2.31. The molecule has 0 radical (unpaired) electrons. The van der Waals surface area contributed by atoms with Crippen molar-refractivity contribution in [2.75, 3.05) is 41.9 Å². The fourth-order valence-corrected chi connectivity index (χ4v) is 5.14. The Kier molecular flexibility index (Phi) is 8.90. The number of rotatable bonds is 8. The van der Waals surface area contributed by atoms with Gasteiger partial charge in [-0.1, -0.05) is 25.1 Å². The highest BCUT2D eigenvalue weighted by atomic mass is 35.5. The van der Waals surface area contributed by atoms with Gasteiger partial charge < -0.3 is 15.0 Å². The third-order valence-electron chi connectivity index (χ3n) is 5.00. The van der Waals surface area contributed by atoms with E-state index in [0.717, 1.165) is 41.7 Å². The Labute approximate surface area is 188 Å². The van der Waals surface area contributed by atoms with E-state index in [1.54, 1.807) is 24.3 Å². The molecule has 0 unspecified atom stereocenters. The van der Waals surface area contributed by atoms with Crippen LogP contribution in [0.2, 0.25) is 0 Å². The fraction of sp³-hybridized carbons (Fsp3) is 0.429. The van der Waals surface area contributed by atoms with E-state index in [1.165, 1.54) is 18.2 Å². The van der Waals surface area contributed by atoms with Crippen molar-refractivity contribution < 1.29 is 21.9 Å². The van der Waals surface area contributed by atoms with Crippen LogP contribution < -0.4 is 19.3 Å². The van der Waals surface area contributed by atoms with Gasteiger partial charge >= 0.3 is 6.61 Å². The topological polar surface area (TPSA) is 61.9 Å². The van der Waals surface area contributed by atoms with Crippen molar-refractivity contribution in [3.8, 4) is 5.75 Å². The van der Waals surface area contributed by atoms with Gasteiger partial charge in [-0.3, -0.25) is 4.31 Å². The summed E-state index contributed by atoms with van der Waals surface area (Å²) in [6, 6.07) is 11.0. The first kappa shape index (κ1) is 25.2. The molecular formula is C21H28ClF2N3O3S. The molecule has 0 amide bonds. The standard InChI is InChI=1S/C21H27F2N3O3S.ClH/c1-3-12-26(18-6-4-5-7-20(18)29-21(22)23)30(27,28)17-9-8-16(2)19(15-17)25-13-10-24-11-14-25;/h4-9,15,21,24H,3,10-14H2,1-2H3;1H. The van der Waals surface area contributed by atoms with Crippen molar-refractivity contribution >= 4 is 33.8 Å². The van der Waals surface area contributed by atoms with Gasteiger partial charge in [0.25, 0.3) is 10.0 Å². The fourth-order valence-electron chi connectivity index (χ4n) is 3.56. The van der Waals surface area contributed by atoms with Crippen LogP contribution in [0.3, 0.4) is 0 Å². The van der Waals surface area contributed by atoms with Crippen LogP contribution in [0.5, 0.6) is 5.75 Å². The molecule has 0 saturated carbocycles. The van der Waals surface area contributed by atoms with E-state index in [-0.39, 0.29) is 35.3 Å². The van der Waals surface area contributed by atoms with Crippen molar-refractivity contribution in [1.29, 1.82) is 0 Å². The van der Waals surface area contributed by atoms with Gasteiger partial charge in [0.2, 0.25) is 0 Å². The summed E-state index contributed by atoms with van der Waals surface area (Å²) >= 11 is 0. The number of sulfonamides is 1. The second kappa shape index (κ2) is 11.0. The van der Waals surface area contributed by atoms with E-state index in [1.807, 2.05) is 13.8 Å². The highest BCUT2D eigenvalue weighted by Gasteiger charge is 2.28. The summed E-state index contributed by atoms with van der Waals surface area (Å²) in [6.07, 6.45) is 0.513. The summed E-state index contributed by atoms with van der Waals surface area (Å²) in [5.41, 5.74) is 1.95. The number of ether oxygens (including phenoxy) is 1. The van der Waals surface area contributed by atoms with Crippen molar-refractivity contribution in [3.63, 3.8) is 0 Å². The average molecular weight is 476 g/mol. The molecule has 3 rings (SSSR count). The second-order valence-corrected chi connectivity index (χ2v) is 8.97. The molecule has 1 saturated heterocycles. The third kappa shape index (κ3) is 5.78. The number of halogens is 3. The molecular weight excluding hydrogens is 448 g/mol. The number of aryl methyl sites for hydroxylation is 1. The molecule has 0 bridgehead atoms. The van der Waals surface area contributed by atoms with Gasteiger partial charge in [-0.05, 0) is 43.2 Å². The van der Waals surface area contributed by atoms with Gasteiger partial charge in [0.15, 0.2) is 0 Å². The molecule has 0 aliphatic carbocycles. The van der Waals surface area contributed by atoms with E-state index >= 15 is 0 Å². The van der Waals surface area contributed by atoms with Crippen LogP contribution in [-0.2, 0) is 10.0 Å². The van der Waals surface area contributed by atoms with Crippen LogP contribution in [-0.4, -0.2) is 47.8 Å². The van der Waals surface area contributed by atoms with Crippen LogP contribution >= 0.6 is 12.4 Å². The number of hydrogen-bond acceptors (Lipinski definition) is 5. The minimum absolute atomic E-state index is 0. The largest absolute Gasteiger partial charge is 0.433 e. The summed E-state index contributed by atoms with van der Waals surface area (Å²) < 4.78 is 58.6. The molecule has 2 aromatic rings. The van der Waals surface area contributed by atoms with Gasteiger partial charge in [0.05, 0.1) is 10.6 Å². The summed E-state index contributed by atoms with van der Waals surface area (Å²) in [7, 11) is -3.99. The van der Waals surface area contributed by atoms with Gasteiger partial charge in [0, 0.05) is 38.4 Å². The maximum absolute atomic E-state index is 13.6. The van der Waals surface area contributed by atoms with Crippen molar-refractivity contribution in [2.45, 2.75) is 31.8 Å². The molecule has 0 spiro atoms. The first-order chi connectivity index (χ1) is 14.3. The summed E-state index contributed by atoms with van der Waals surface area (Å²) in [4.78, 5) is 2.28. The number of hydrogen-bond donors (Lipinski definition) is 1. The zero-order valence-electron chi connectivity index (χ0n) is 17.6. The van der Waals surface area contributed by atoms with Crippen LogP contribution in [0.1, 0.15) is 18.9 Å². The van der Waals surface area contributed by atoms with Gasteiger partial charge in [-0.2, -0.15) is 8.78 Å². The minimum atomic E-state index is -3.99. The summed E-state index contributed by atoms with van der Waals surface area (Å²) in [6.45, 7) is 4.11. The second-order valence-electron chi connectivity index (χ2n) is 7.11. The number of anilines is 2. The normalized spacial score (nSPS) is 14.3. The van der Waals surface area contributed by atoms with Crippen LogP contribution in [0.4, 0.5) is 20.2 Å². The highest BCUT2D eigenvalue weighted by Crippen LogP contribution is 2.35. The smallest absolute Gasteiger partial charge is 0.387 e. The Bertz CT molecular complexity index is 970. The Balaban J connectivity index is 0.00000341. The lowest BCUT2D eigenvalue weighted by Crippen LogP contribution is -2.43. The Morgan fingerprint density at radius 3 is 2.48 bits per heavy atom. The van der Waals surface area contributed by atoms with E-state index in [9.17, 15) is 17.2 Å². The molecule has 1 heterocycles. The molecule has 1 aliphatic heterocycles. The minimum Gasteiger partial charge on any atom is -0.433 e. The van der Waals surface area contributed by atoms with E-state index in [0.29, 0.717) is 6.42 Å². The molecule has 31 heavy (non-hydrogen) atoms. The van der Waals surface area contributed by atoms with Crippen molar-refractivity contribution in [3.05, 3.63) is 48.0 Å². The third-order valence-corrected chi connectivity index (χ3v) is 6.81. The summed E-state index contributed by atoms with van der Waals surface area (Å²) in [5, 5.41) is 3.28. The molecule has 6 nitrogen and oxygen atoms in total.